The van der Waals surface area contributed by atoms with Crippen molar-refractivity contribution in [2.75, 3.05) is 25.7 Å². The third-order valence-electron chi connectivity index (χ3n) is 5.99. The van der Waals surface area contributed by atoms with Gasteiger partial charge in [0.1, 0.15) is 15.7 Å². The molecule has 1 unspecified atom stereocenters. The van der Waals surface area contributed by atoms with Crippen LogP contribution in [0.25, 0.3) is 22.2 Å². The molecule has 0 N–H and O–H groups in total. The number of sulfone groups is 1. The molecule has 0 aliphatic heterocycles. The third-order valence-corrected chi connectivity index (χ3v) is 6.91. The van der Waals surface area contributed by atoms with Crippen molar-refractivity contribution in [1.82, 2.24) is 14.1 Å². The van der Waals surface area contributed by atoms with Crippen LogP contribution in [-0.4, -0.2) is 48.3 Å². The number of ether oxygens (including phenoxy) is 2. The molecule has 0 aliphatic rings. The first-order valence-electron chi connectivity index (χ1n) is 11.4. The maximum atomic E-state index is 14.6. The lowest BCUT2D eigenvalue weighted by molar-refractivity contribution is 0.296. The highest BCUT2D eigenvalue weighted by molar-refractivity contribution is 7.90. The highest BCUT2D eigenvalue weighted by atomic mass is 32.2. The first-order valence-corrected chi connectivity index (χ1v) is 13.4. The molecule has 1 atom stereocenters. The molecule has 0 radical (unpaired) electrons. The monoisotopic (exact) mass is 513 g/mol. The van der Waals surface area contributed by atoms with Crippen LogP contribution in [0.1, 0.15) is 24.2 Å². The van der Waals surface area contributed by atoms with Gasteiger partial charge in [0, 0.05) is 18.9 Å². The first-order chi connectivity index (χ1) is 17.0. The molecule has 0 amide bonds. The topological polar surface area (TPSA) is 92.4 Å². The van der Waals surface area contributed by atoms with Crippen LogP contribution in [-0.2, 0) is 16.9 Å². The van der Waals surface area contributed by atoms with Gasteiger partial charge in [0.05, 0.1) is 42.2 Å². The van der Waals surface area contributed by atoms with E-state index in [0.29, 0.717) is 40.2 Å². The van der Waals surface area contributed by atoms with Gasteiger partial charge in [0.2, 0.25) is 0 Å². The quantitative estimate of drug-likeness (QED) is 0.355. The summed E-state index contributed by atoms with van der Waals surface area (Å²) >= 11 is 0. The fourth-order valence-corrected chi connectivity index (χ4v) is 5.18. The Labute approximate surface area is 208 Å². The second-order valence-electron chi connectivity index (χ2n) is 8.68. The molecule has 2 aromatic carbocycles. The zero-order valence-corrected chi connectivity index (χ0v) is 21.6. The van der Waals surface area contributed by atoms with Crippen molar-refractivity contribution < 1.29 is 22.3 Å². The molecule has 2 heterocycles. The molecule has 0 bridgehead atoms. The van der Waals surface area contributed by atoms with Gasteiger partial charge in [-0.25, -0.2) is 22.6 Å². The molecule has 4 aromatic rings. The summed E-state index contributed by atoms with van der Waals surface area (Å²) in [5, 5.41) is 0. The maximum Gasteiger partial charge on any atom is 0.329 e. The summed E-state index contributed by atoms with van der Waals surface area (Å²) in [6, 6.07) is 12.5. The van der Waals surface area contributed by atoms with Crippen LogP contribution in [0.15, 0.2) is 53.3 Å². The zero-order valence-electron chi connectivity index (χ0n) is 20.8. The molecule has 0 fully saturated rings. The normalized spacial score (nSPS) is 12.6. The fourth-order valence-electron chi connectivity index (χ4n) is 4.29. The summed E-state index contributed by atoms with van der Waals surface area (Å²) in [5.41, 5.74) is 2.78. The SMILES string of the molecule is CCOc1nc(C(CS(C)(=O)=O)n2c(=O)n(C)c3cc(-c4ccc(C)cc4F)ccc32)ccc1OC. The van der Waals surface area contributed by atoms with E-state index < -0.39 is 21.6 Å². The Morgan fingerprint density at radius 3 is 2.47 bits per heavy atom. The van der Waals surface area contributed by atoms with Gasteiger partial charge in [0.15, 0.2) is 5.75 Å². The molecule has 0 aliphatic carbocycles. The Bertz CT molecular complexity index is 1610. The average molecular weight is 514 g/mol. The van der Waals surface area contributed by atoms with E-state index in [-0.39, 0.29) is 17.5 Å². The summed E-state index contributed by atoms with van der Waals surface area (Å²) < 4.78 is 53.2. The van der Waals surface area contributed by atoms with Gasteiger partial charge in [0.25, 0.3) is 5.88 Å². The molecule has 8 nitrogen and oxygen atoms in total. The minimum atomic E-state index is -3.53. The number of imidazole rings is 1. The number of rotatable bonds is 8. The lowest BCUT2D eigenvalue weighted by Crippen LogP contribution is -2.31. The van der Waals surface area contributed by atoms with Crippen LogP contribution in [0.2, 0.25) is 0 Å². The van der Waals surface area contributed by atoms with Crippen LogP contribution in [0.3, 0.4) is 0 Å². The van der Waals surface area contributed by atoms with E-state index in [0.717, 1.165) is 11.8 Å². The van der Waals surface area contributed by atoms with Gasteiger partial charge < -0.3 is 9.47 Å². The molecule has 36 heavy (non-hydrogen) atoms. The summed E-state index contributed by atoms with van der Waals surface area (Å²) in [6.45, 7) is 3.94. The van der Waals surface area contributed by atoms with Crippen molar-refractivity contribution in [3.8, 4) is 22.8 Å². The Hall–Kier alpha value is -3.66. The van der Waals surface area contributed by atoms with Crippen molar-refractivity contribution >= 4 is 20.9 Å². The lowest BCUT2D eigenvalue weighted by Gasteiger charge is -2.19. The number of hydrogen-bond donors (Lipinski definition) is 0. The minimum Gasteiger partial charge on any atom is -0.491 e. The smallest absolute Gasteiger partial charge is 0.329 e. The first kappa shape index (κ1) is 25.4. The lowest BCUT2D eigenvalue weighted by atomic mass is 10.0. The van der Waals surface area contributed by atoms with Gasteiger partial charge in [-0.2, -0.15) is 0 Å². The van der Waals surface area contributed by atoms with Crippen molar-refractivity contribution in [3.63, 3.8) is 0 Å². The van der Waals surface area contributed by atoms with E-state index in [1.807, 2.05) is 13.0 Å². The molecule has 0 saturated heterocycles. The standard InChI is InChI=1S/C26H28FN3O5S/c1-6-35-25-24(34-4)12-10-20(28-25)23(15-36(5,32)33)30-21-11-8-17(14-22(21)29(3)26(30)31)18-9-7-16(2)13-19(18)27/h7-14,23H,6,15H2,1-5H3. The summed E-state index contributed by atoms with van der Waals surface area (Å²) in [7, 11) is -0.447. The van der Waals surface area contributed by atoms with Crippen molar-refractivity contribution in [1.29, 1.82) is 0 Å². The number of methoxy groups -OCH3 is 1. The highest BCUT2D eigenvalue weighted by Gasteiger charge is 2.27. The van der Waals surface area contributed by atoms with Crippen molar-refractivity contribution in [2.45, 2.75) is 19.9 Å². The summed E-state index contributed by atoms with van der Waals surface area (Å²) in [6.07, 6.45) is 1.11. The zero-order chi connectivity index (χ0) is 26.2. The van der Waals surface area contributed by atoms with E-state index in [1.165, 1.54) is 22.3 Å². The van der Waals surface area contributed by atoms with Gasteiger partial charge >= 0.3 is 5.69 Å². The number of aryl methyl sites for hydroxylation is 2. The van der Waals surface area contributed by atoms with E-state index in [2.05, 4.69) is 4.98 Å². The molecule has 2 aromatic heterocycles. The number of benzene rings is 2. The predicted molar refractivity (Wildman–Crippen MR) is 137 cm³/mol. The highest BCUT2D eigenvalue weighted by Crippen LogP contribution is 2.32. The second kappa shape index (κ2) is 9.77. The third kappa shape index (κ3) is 4.86. The van der Waals surface area contributed by atoms with E-state index >= 15 is 0 Å². The number of halogens is 1. The Morgan fingerprint density at radius 2 is 1.83 bits per heavy atom. The van der Waals surface area contributed by atoms with Crippen LogP contribution in [0.4, 0.5) is 4.39 Å². The van der Waals surface area contributed by atoms with Gasteiger partial charge in [-0.05, 0) is 55.3 Å². The van der Waals surface area contributed by atoms with E-state index in [1.54, 1.807) is 50.4 Å². The second-order valence-corrected chi connectivity index (χ2v) is 10.9. The summed E-state index contributed by atoms with van der Waals surface area (Å²) in [5.74, 6) is -0.111. The van der Waals surface area contributed by atoms with Gasteiger partial charge in [-0.1, -0.05) is 18.2 Å². The Morgan fingerprint density at radius 1 is 1.08 bits per heavy atom. The van der Waals surface area contributed by atoms with Gasteiger partial charge in [-0.3, -0.25) is 9.13 Å². The minimum absolute atomic E-state index is 0.210. The van der Waals surface area contributed by atoms with Crippen LogP contribution >= 0.6 is 0 Å². The van der Waals surface area contributed by atoms with Gasteiger partial charge in [-0.15, -0.1) is 0 Å². The maximum absolute atomic E-state index is 14.6. The molecular formula is C26H28FN3O5S. The van der Waals surface area contributed by atoms with Crippen LogP contribution in [0, 0.1) is 12.7 Å². The fraction of sp³-hybridized carbons (Fsp3) is 0.308. The number of pyridine rings is 1. The number of nitrogens with zero attached hydrogens (tertiary/aromatic N) is 3. The Kier molecular flexibility index (Phi) is 6.90. The molecule has 0 saturated carbocycles. The number of fused-ring (bicyclic) bond motifs is 1. The number of aromatic nitrogens is 3. The average Bonchev–Trinajstić information content (AvgIpc) is 3.06. The van der Waals surface area contributed by atoms with E-state index in [9.17, 15) is 17.6 Å². The Balaban J connectivity index is 1.93. The number of hydrogen-bond acceptors (Lipinski definition) is 6. The van der Waals surface area contributed by atoms with Crippen molar-refractivity contribution in [2.24, 2.45) is 7.05 Å². The molecular weight excluding hydrogens is 485 g/mol. The van der Waals surface area contributed by atoms with Crippen LogP contribution < -0.4 is 15.2 Å². The largest absolute Gasteiger partial charge is 0.491 e. The van der Waals surface area contributed by atoms with Crippen LogP contribution in [0.5, 0.6) is 11.6 Å². The molecule has 190 valence electrons. The van der Waals surface area contributed by atoms with Crippen molar-refractivity contribution in [3.05, 3.63) is 76.1 Å². The predicted octanol–water partition coefficient (Wildman–Crippen LogP) is 3.89. The molecule has 4 rings (SSSR count). The molecule has 10 heteroatoms. The summed E-state index contributed by atoms with van der Waals surface area (Å²) in [4.78, 5) is 18.0. The van der Waals surface area contributed by atoms with E-state index in [4.69, 9.17) is 9.47 Å². The molecule has 0 spiro atoms.